The first-order valence-electron chi connectivity index (χ1n) is 8.45. The molecule has 28 heavy (non-hydrogen) atoms. The molecule has 5 nitrogen and oxygen atoms in total. The van der Waals surface area contributed by atoms with Crippen molar-refractivity contribution in [2.75, 3.05) is 0 Å². The summed E-state index contributed by atoms with van der Waals surface area (Å²) in [6.45, 7) is 0. The summed E-state index contributed by atoms with van der Waals surface area (Å²) >= 11 is 0. The maximum absolute atomic E-state index is 13.2. The first-order valence-corrected chi connectivity index (χ1v) is 8.45. The van der Waals surface area contributed by atoms with Crippen LogP contribution < -0.4 is 5.56 Å². The Labute approximate surface area is 157 Å². The van der Waals surface area contributed by atoms with Gasteiger partial charge in [-0.2, -0.15) is 18.3 Å². The monoisotopic (exact) mass is 384 g/mol. The number of hydrogen-bond acceptors (Lipinski definition) is 3. The summed E-state index contributed by atoms with van der Waals surface area (Å²) in [6.07, 6.45) is -1.63. The van der Waals surface area contributed by atoms with E-state index in [1.165, 1.54) is 34.0 Å². The Morgan fingerprint density at radius 3 is 2.50 bits per heavy atom. The number of hydrogen-bond donors (Lipinski definition) is 0. The van der Waals surface area contributed by atoms with Crippen LogP contribution in [0.3, 0.4) is 0 Å². The molecule has 2 aromatic carbocycles. The van der Waals surface area contributed by atoms with Gasteiger partial charge in [-0.3, -0.25) is 4.79 Å². The standard InChI is InChI=1S/C20H15F3N4O/c1-26-17-7-5-15(9-13(17)6-8-18(26)28)19(27-12-24-11-25-27)14-3-2-4-16(10-14)20(21,22)23/h2-12,19H,1H3. The van der Waals surface area contributed by atoms with Crippen LogP contribution in [0.25, 0.3) is 10.9 Å². The van der Waals surface area contributed by atoms with Crippen molar-refractivity contribution in [1.29, 1.82) is 0 Å². The summed E-state index contributed by atoms with van der Waals surface area (Å²) in [7, 11) is 1.67. The zero-order valence-corrected chi connectivity index (χ0v) is 14.8. The number of nitrogens with zero attached hydrogens (tertiary/aromatic N) is 4. The minimum Gasteiger partial charge on any atom is -0.311 e. The second-order valence-corrected chi connectivity index (χ2v) is 6.45. The molecule has 1 unspecified atom stereocenters. The second-order valence-electron chi connectivity index (χ2n) is 6.45. The van der Waals surface area contributed by atoms with Gasteiger partial charge < -0.3 is 4.57 Å². The lowest BCUT2D eigenvalue weighted by Gasteiger charge is -2.20. The number of pyridine rings is 1. The number of aromatic nitrogens is 4. The van der Waals surface area contributed by atoms with Gasteiger partial charge in [0.2, 0.25) is 0 Å². The molecule has 0 fully saturated rings. The largest absolute Gasteiger partial charge is 0.416 e. The SMILES string of the molecule is Cn1c(=O)ccc2cc(C(c3cccc(C(F)(F)F)c3)n3cncn3)ccc21. The molecular weight excluding hydrogens is 369 g/mol. The number of fused-ring (bicyclic) bond motifs is 1. The molecule has 0 saturated heterocycles. The van der Waals surface area contributed by atoms with E-state index in [0.29, 0.717) is 5.56 Å². The highest BCUT2D eigenvalue weighted by Gasteiger charge is 2.31. The second kappa shape index (κ2) is 6.63. The van der Waals surface area contributed by atoms with Crippen molar-refractivity contribution in [2.24, 2.45) is 7.05 Å². The highest BCUT2D eigenvalue weighted by atomic mass is 19.4. The smallest absolute Gasteiger partial charge is 0.311 e. The van der Waals surface area contributed by atoms with Gasteiger partial charge in [0.1, 0.15) is 18.7 Å². The van der Waals surface area contributed by atoms with E-state index in [9.17, 15) is 18.0 Å². The van der Waals surface area contributed by atoms with E-state index in [-0.39, 0.29) is 5.56 Å². The predicted octanol–water partition coefficient (Wildman–Crippen LogP) is 3.79. The van der Waals surface area contributed by atoms with Crippen molar-refractivity contribution >= 4 is 10.9 Å². The van der Waals surface area contributed by atoms with Crippen molar-refractivity contribution in [3.05, 3.63) is 94.3 Å². The molecular formula is C20H15F3N4O. The Morgan fingerprint density at radius 2 is 1.79 bits per heavy atom. The highest BCUT2D eigenvalue weighted by molar-refractivity contribution is 5.80. The number of benzene rings is 2. The number of aryl methyl sites for hydroxylation is 1. The minimum atomic E-state index is -4.44. The molecule has 0 saturated carbocycles. The summed E-state index contributed by atoms with van der Waals surface area (Å²) in [4.78, 5) is 15.8. The third-order valence-corrected chi connectivity index (χ3v) is 4.70. The maximum Gasteiger partial charge on any atom is 0.416 e. The van der Waals surface area contributed by atoms with Crippen molar-refractivity contribution < 1.29 is 13.2 Å². The molecule has 4 aromatic rings. The van der Waals surface area contributed by atoms with Gasteiger partial charge in [-0.05, 0) is 46.8 Å². The third kappa shape index (κ3) is 3.17. The van der Waals surface area contributed by atoms with E-state index in [0.717, 1.165) is 28.6 Å². The lowest BCUT2D eigenvalue weighted by Crippen LogP contribution is -2.17. The molecule has 0 spiro atoms. The molecule has 0 bridgehead atoms. The van der Waals surface area contributed by atoms with Crippen molar-refractivity contribution in [1.82, 2.24) is 19.3 Å². The van der Waals surface area contributed by atoms with Crippen LogP contribution in [-0.4, -0.2) is 19.3 Å². The quantitative estimate of drug-likeness (QED) is 0.540. The van der Waals surface area contributed by atoms with Gasteiger partial charge in [0.05, 0.1) is 11.1 Å². The lowest BCUT2D eigenvalue weighted by atomic mass is 9.96. The predicted molar refractivity (Wildman–Crippen MR) is 97.9 cm³/mol. The van der Waals surface area contributed by atoms with E-state index in [2.05, 4.69) is 10.1 Å². The molecule has 2 aromatic heterocycles. The molecule has 8 heteroatoms. The van der Waals surface area contributed by atoms with Crippen LogP contribution in [0.15, 0.2) is 72.0 Å². The molecule has 0 radical (unpaired) electrons. The van der Waals surface area contributed by atoms with Gasteiger partial charge in [0, 0.05) is 13.1 Å². The zero-order valence-electron chi connectivity index (χ0n) is 14.8. The molecule has 0 aliphatic carbocycles. The fourth-order valence-electron chi connectivity index (χ4n) is 3.31. The molecule has 1 atom stereocenters. The Balaban J connectivity index is 1.90. The molecule has 0 amide bonds. The Hall–Kier alpha value is -3.42. The maximum atomic E-state index is 13.2. The molecule has 0 aliphatic rings. The number of rotatable bonds is 3. The summed E-state index contributed by atoms with van der Waals surface area (Å²) < 4.78 is 42.6. The lowest BCUT2D eigenvalue weighted by molar-refractivity contribution is -0.137. The number of alkyl halides is 3. The van der Waals surface area contributed by atoms with Crippen molar-refractivity contribution in [3.8, 4) is 0 Å². The van der Waals surface area contributed by atoms with Crippen LogP contribution in [0.5, 0.6) is 0 Å². The fourth-order valence-corrected chi connectivity index (χ4v) is 3.31. The Morgan fingerprint density at radius 1 is 1.00 bits per heavy atom. The van der Waals surface area contributed by atoms with Gasteiger partial charge in [-0.1, -0.05) is 18.2 Å². The van der Waals surface area contributed by atoms with Crippen LogP contribution in [0, 0.1) is 0 Å². The van der Waals surface area contributed by atoms with Crippen LogP contribution in [0.2, 0.25) is 0 Å². The van der Waals surface area contributed by atoms with E-state index in [4.69, 9.17) is 0 Å². The van der Waals surface area contributed by atoms with E-state index < -0.39 is 17.8 Å². The summed E-state index contributed by atoms with van der Waals surface area (Å²) in [6, 6.07) is 13.2. The van der Waals surface area contributed by atoms with Crippen molar-refractivity contribution in [2.45, 2.75) is 12.2 Å². The summed E-state index contributed by atoms with van der Waals surface area (Å²) in [5.41, 5.74) is 1.04. The molecule has 142 valence electrons. The average Bonchev–Trinajstić information content (AvgIpc) is 3.19. The fraction of sp³-hybridized carbons (Fsp3) is 0.150. The first kappa shape index (κ1) is 18.0. The van der Waals surface area contributed by atoms with Crippen LogP contribution in [0.4, 0.5) is 13.2 Å². The summed E-state index contributed by atoms with van der Waals surface area (Å²) in [5.74, 6) is 0. The van der Waals surface area contributed by atoms with Crippen molar-refractivity contribution in [3.63, 3.8) is 0 Å². The van der Waals surface area contributed by atoms with Crippen LogP contribution in [0.1, 0.15) is 22.7 Å². The van der Waals surface area contributed by atoms with Gasteiger partial charge in [-0.25, -0.2) is 9.67 Å². The van der Waals surface area contributed by atoms with Gasteiger partial charge in [0.25, 0.3) is 5.56 Å². The van der Waals surface area contributed by atoms with Gasteiger partial charge >= 0.3 is 6.18 Å². The minimum absolute atomic E-state index is 0.133. The zero-order chi connectivity index (χ0) is 19.9. The normalized spacial score (nSPS) is 13.0. The summed E-state index contributed by atoms with van der Waals surface area (Å²) in [5, 5.41) is 4.94. The third-order valence-electron chi connectivity index (χ3n) is 4.70. The van der Waals surface area contributed by atoms with E-state index >= 15 is 0 Å². The molecule has 0 N–H and O–H groups in total. The molecule has 4 rings (SSSR count). The molecule has 2 heterocycles. The highest BCUT2D eigenvalue weighted by Crippen LogP contribution is 2.34. The Bertz CT molecular complexity index is 1200. The van der Waals surface area contributed by atoms with Crippen LogP contribution in [-0.2, 0) is 13.2 Å². The van der Waals surface area contributed by atoms with E-state index in [1.807, 2.05) is 6.07 Å². The number of halogens is 3. The van der Waals surface area contributed by atoms with Crippen LogP contribution >= 0.6 is 0 Å². The van der Waals surface area contributed by atoms with Gasteiger partial charge in [-0.15, -0.1) is 0 Å². The Kier molecular flexibility index (Phi) is 4.26. The average molecular weight is 384 g/mol. The molecule has 0 aliphatic heterocycles. The van der Waals surface area contributed by atoms with Gasteiger partial charge in [0.15, 0.2) is 0 Å². The topological polar surface area (TPSA) is 52.7 Å². The first-order chi connectivity index (χ1) is 13.3. The van der Waals surface area contributed by atoms with E-state index in [1.54, 1.807) is 31.3 Å².